The highest BCUT2D eigenvalue weighted by Crippen LogP contribution is 2.34. The van der Waals surface area contributed by atoms with Crippen LogP contribution in [0.25, 0.3) is 0 Å². The molecule has 1 aliphatic heterocycles. The Hall–Kier alpha value is -1.84. The molecule has 1 aliphatic rings. The van der Waals surface area contributed by atoms with E-state index in [0.29, 0.717) is 12.0 Å². The summed E-state index contributed by atoms with van der Waals surface area (Å²) in [4.78, 5) is 23.3. The van der Waals surface area contributed by atoms with Gasteiger partial charge in [-0.15, -0.1) is 0 Å². The van der Waals surface area contributed by atoms with Crippen molar-refractivity contribution in [2.75, 3.05) is 0 Å². The first-order valence-electron chi connectivity index (χ1n) is 7.10. The van der Waals surface area contributed by atoms with Crippen LogP contribution >= 0.6 is 0 Å². The van der Waals surface area contributed by atoms with Crippen LogP contribution in [0.4, 0.5) is 0 Å². The number of hydrogen-bond acceptors (Lipinski definition) is 4. The molecule has 4 nitrogen and oxygen atoms in total. The van der Waals surface area contributed by atoms with Gasteiger partial charge in [0.25, 0.3) is 0 Å². The van der Waals surface area contributed by atoms with Crippen molar-refractivity contribution in [3.63, 3.8) is 0 Å². The van der Waals surface area contributed by atoms with Gasteiger partial charge in [-0.05, 0) is 18.9 Å². The minimum Gasteiger partial charge on any atom is -0.454 e. The van der Waals surface area contributed by atoms with E-state index >= 15 is 0 Å². The molecule has 2 atom stereocenters. The maximum Gasteiger partial charge on any atom is 0.338 e. The summed E-state index contributed by atoms with van der Waals surface area (Å²) in [7, 11) is 0. The number of benzene rings is 1. The molecule has 108 valence electrons. The van der Waals surface area contributed by atoms with Crippen molar-refractivity contribution in [2.24, 2.45) is 0 Å². The van der Waals surface area contributed by atoms with Gasteiger partial charge >= 0.3 is 11.9 Å². The summed E-state index contributed by atoms with van der Waals surface area (Å²) in [6.07, 6.45) is 2.96. The van der Waals surface area contributed by atoms with Gasteiger partial charge in [0.15, 0.2) is 6.10 Å². The van der Waals surface area contributed by atoms with Gasteiger partial charge in [0.05, 0.1) is 5.56 Å². The molecule has 4 heteroatoms. The zero-order chi connectivity index (χ0) is 14.5. The number of carbonyl (C=O) groups is 2. The molecule has 0 N–H and O–H groups in total. The number of cyclic esters (lactones) is 1. The molecule has 1 heterocycles. The van der Waals surface area contributed by atoms with E-state index in [9.17, 15) is 9.59 Å². The summed E-state index contributed by atoms with van der Waals surface area (Å²) in [6, 6.07) is 7.16. The Bertz CT molecular complexity index is 495. The molecular weight excluding hydrogens is 256 g/mol. The summed E-state index contributed by atoms with van der Waals surface area (Å²) >= 11 is 0. The first-order chi connectivity index (χ1) is 9.63. The lowest BCUT2D eigenvalue weighted by Crippen LogP contribution is -2.34. The lowest BCUT2D eigenvalue weighted by molar-refractivity contribution is -0.154. The molecule has 1 aromatic carbocycles. The predicted octanol–water partition coefficient (Wildman–Crippen LogP) is 3.41. The van der Waals surface area contributed by atoms with Crippen molar-refractivity contribution in [3.8, 4) is 0 Å². The Morgan fingerprint density at radius 3 is 2.75 bits per heavy atom. The maximum atomic E-state index is 12.0. The van der Waals surface area contributed by atoms with Crippen molar-refractivity contribution in [1.82, 2.24) is 0 Å². The Labute approximate surface area is 119 Å². The van der Waals surface area contributed by atoms with Gasteiger partial charge in [0.1, 0.15) is 6.10 Å². The number of fused-ring (bicyclic) bond motifs is 1. The summed E-state index contributed by atoms with van der Waals surface area (Å²) in [6.45, 7) is 3.49. The Balaban J connectivity index is 2.24. The first-order valence-corrected chi connectivity index (χ1v) is 7.10. The molecule has 2 rings (SSSR count). The van der Waals surface area contributed by atoms with E-state index in [1.165, 1.54) is 6.92 Å². The van der Waals surface area contributed by atoms with Crippen LogP contribution in [-0.2, 0) is 14.3 Å². The number of hydrogen-bond donors (Lipinski definition) is 0. The topological polar surface area (TPSA) is 52.6 Å². The fourth-order valence-electron chi connectivity index (χ4n) is 2.52. The summed E-state index contributed by atoms with van der Waals surface area (Å²) in [5.41, 5.74) is 1.24. The third-order valence-electron chi connectivity index (χ3n) is 3.47. The van der Waals surface area contributed by atoms with Gasteiger partial charge in [-0.2, -0.15) is 0 Å². The SMILES string of the molecule is CCCCC[C@H]1OC(=O)c2ccccc2[C@H]1OC(C)=O. The second-order valence-corrected chi connectivity index (χ2v) is 5.06. The highest BCUT2D eigenvalue weighted by molar-refractivity contribution is 5.92. The molecule has 0 aromatic heterocycles. The summed E-state index contributed by atoms with van der Waals surface area (Å²) < 4.78 is 10.8. The summed E-state index contributed by atoms with van der Waals surface area (Å²) in [5, 5.41) is 0. The number of unbranched alkanes of at least 4 members (excludes halogenated alkanes) is 2. The lowest BCUT2D eigenvalue weighted by atomic mass is 9.93. The maximum absolute atomic E-state index is 12.0. The van der Waals surface area contributed by atoms with Crippen LogP contribution in [0.5, 0.6) is 0 Å². The van der Waals surface area contributed by atoms with E-state index < -0.39 is 6.10 Å². The predicted molar refractivity (Wildman–Crippen MR) is 74.3 cm³/mol. The average molecular weight is 276 g/mol. The fraction of sp³-hybridized carbons (Fsp3) is 0.500. The number of rotatable bonds is 5. The summed E-state index contributed by atoms with van der Waals surface area (Å²) in [5.74, 6) is -0.686. The largest absolute Gasteiger partial charge is 0.454 e. The molecule has 0 saturated heterocycles. The molecule has 0 unspecified atom stereocenters. The van der Waals surface area contributed by atoms with E-state index in [4.69, 9.17) is 9.47 Å². The van der Waals surface area contributed by atoms with Crippen LogP contribution in [-0.4, -0.2) is 18.0 Å². The molecule has 0 bridgehead atoms. The Morgan fingerprint density at radius 1 is 1.30 bits per heavy atom. The highest BCUT2D eigenvalue weighted by atomic mass is 16.6. The van der Waals surface area contributed by atoms with Gasteiger partial charge in [-0.1, -0.05) is 38.0 Å². The van der Waals surface area contributed by atoms with E-state index in [-0.39, 0.29) is 18.0 Å². The van der Waals surface area contributed by atoms with E-state index in [2.05, 4.69) is 6.92 Å². The van der Waals surface area contributed by atoms with Crippen molar-refractivity contribution in [3.05, 3.63) is 35.4 Å². The second-order valence-electron chi connectivity index (χ2n) is 5.06. The van der Waals surface area contributed by atoms with Crippen molar-refractivity contribution >= 4 is 11.9 Å². The van der Waals surface area contributed by atoms with Crippen LogP contribution in [0.3, 0.4) is 0 Å². The molecule has 0 amide bonds. The number of ether oxygens (including phenoxy) is 2. The van der Waals surface area contributed by atoms with Gasteiger partial charge in [-0.3, -0.25) is 4.79 Å². The van der Waals surface area contributed by atoms with E-state index in [0.717, 1.165) is 24.8 Å². The normalized spacial score (nSPS) is 21.0. The van der Waals surface area contributed by atoms with Crippen LogP contribution < -0.4 is 0 Å². The quantitative estimate of drug-likeness (QED) is 0.611. The Morgan fingerprint density at radius 2 is 2.05 bits per heavy atom. The van der Waals surface area contributed by atoms with Gasteiger partial charge in [0.2, 0.25) is 0 Å². The molecule has 0 radical (unpaired) electrons. The number of esters is 2. The smallest absolute Gasteiger partial charge is 0.338 e. The molecule has 0 fully saturated rings. The Kier molecular flexibility index (Phi) is 4.77. The molecule has 0 aliphatic carbocycles. The van der Waals surface area contributed by atoms with E-state index in [1.807, 2.05) is 12.1 Å². The third-order valence-corrected chi connectivity index (χ3v) is 3.47. The van der Waals surface area contributed by atoms with Gasteiger partial charge in [-0.25, -0.2) is 4.79 Å². The minimum atomic E-state index is -0.488. The van der Waals surface area contributed by atoms with Gasteiger partial charge in [0, 0.05) is 12.5 Å². The standard InChI is InChI=1S/C16H20O4/c1-3-4-5-10-14-15(19-11(2)17)12-8-6-7-9-13(12)16(18)20-14/h6-9,14-15H,3-5,10H2,1-2H3/t14-,15-/m1/s1. The van der Waals surface area contributed by atoms with Crippen LogP contribution in [0.15, 0.2) is 24.3 Å². The zero-order valence-corrected chi connectivity index (χ0v) is 11.9. The molecule has 1 aromatic rings. The average Bonchev–Trinajstić information content (AvgIpc) is 2.43. The second kappa shape index (κ2) is 6.55. The van der Waals surface area contributed by atoms with E-state index in [1.54, 1.807) is 12.1 Å². The molecule has 20 heavy (non-hydrogen) atoms. The van der Waals surface area contributed by atoms with Crippen molar-refractivity contribution in [2.45, 2.75) is 51.7 Å². The van der Waals surface area contributed by atoms with Crippen molar-refractivity contribution in [1.29, 1.82) is 0 Å². The highest BCUT2D eigenvalue weighted by Gasteiger charge is 2.37. The third kappa shape index (κ3) is 3.18. The van der Waals surface area contributed by atoms with Crippen LogP contribution in [0.1, 0.15) is 61.6 Å². The lowest BCUT2D eigenvalue weighted by Gasteiger charge is -2.32. The van der Waals surface area contributed by atoms with Crippen molar-refractivity contribution < 1.29 is 19.1 Å². The van der Waals surface area contributed by atoms with Gasteiger partial charge < -0.3 is 9.47 Å². The molecule has 0 spiro atoms. The minimum absolute atomic E-state index is 0.328. The number of carbonyl (C=O) groups excluding carboxylic acids is 2. The van der Waals surface area contributed by atoms with Crippen LogP contribution in [0.2, 0.25) is 0 Å². The molecular formula is C16H20O4. The van der Waals surface area contributed by atoms with Crippen LogP contribution in [0, 0.1) is 0 Å². The zero-order valence-electron chi connectivity index (χ0n) is 11.9. The first kappa shape index (κ1) is 14.6. The monoisotopic (exact) mass is 276 g/mol. The fourth-order valence-corrected chi connectivity index (χ4v) is 2.52. The molecule has 0 saturated carbocycles.